The van der Waals surface area contributed by atoms with Gasteiger partial charge in [-0.25, -0.2) is 0 Å². The fraction of sp³-hybridized carbons (Fsp3) is 0.667. The third-order valence-electron chi connectivity index (χ3n) is 2.95. The first-order valence-corrected chi connectivity index (χ1v) is 9.00. The molecule has 3 heteroatoms. The Bertz CT molecular complexity index is 317. The summed E-state index contributed by atoms with van der Waals surface area (Å²) < 4.78 is 3.39. The van der Waals surface area contributed by atoms with Crippen molar-refractivity contribution < 1.29 is 4.57 Å². The molecule has 0 bridgehead atoms. The molecule has 0 saturated heterocycles. The summed E-state index contributed by atoms with van der Waals surface area (Å²) in [6.07, 6.45) is 14.1. The second-order valence-electron chi connectivity index (χ2n) is 4.70. The minimum absolute atomic E-state index is 1.06. The zero-order chi connectivity index (χ0) is 13.1. The average Bonchev–Trinajstić information content (AvgIpc) is 2.37. The number of halogens is 1. The van der Waals surface area contributed by atoms with Crippen molar-refractivity contribution in [1.29, 1.82) is 0 Å². The lowest BCUT2D eigenvalue weighted by Crippen LogP contribution is -2.30. The summed E-state index contributed by atoms with van der Waals surface area (Å²) in [4.78, 5) is 0. The van der Waals surface area contributed by atoms with Crippen LogP contribution in [0.4, 0.5) is 0 Å². The molecule has 0 aromatic carbocycles. The molecule has 102 valence electrons. The summed E-state index contributed by atoms with van der Waals surface area (Å²) in [5, 5.41) is 0. The van der Waals surface area contributed by atoms with E-state index < -0.39 is 0 Å². The number of unbranched alkanes of at least 4 members (excludes halogenated alkanes) is 6. The van der Waals surface area contributed by atoms with Crippen LogP contribution in [0.25, 0.3) is 0 Å². The average molecular weight is 331 g/mol. The molecule has 0 atom stereocenters. The molecule has 0 spiro atoms. The Hall–Kier alpha value is -0.0200. The van der Waals surface area contributed by atoms with Crippen molar-refractivity contribution in [1.82, 2.24) is 0 Å². The van der Waals surface area contributed by atoms with Crippen molar-refractivity contribution >= 4 is 27.7 Å². The number of nitrogens with zero attached hydrogens (tertiary/aromatic N) is 1. The van der Waals surface area contributed by atoms with Crippen LogP contribution < -0.4 is 4.57 Å². The maximum atomic E-state index is 3.50. The topological polar surface area (TPSA) is 3.88 Å². The Morgan fingerprint density at radius 2 is 1.83 bits per heavy atom. The molecular weight excluding hydrogens is 306 g/mol. The largest absolute Gasteiger partial charge is 0.194 e. The lowest BCUT2D eigenvalue weighted by molar-refractivity contribution is -0.676. The number of hydrogen-bond acceptors (Lipinski definition) is 1. The lowest BCUT2D eigenvalue weighted by Gasteiger charge is -2.00. The first kappa shape index (κ1) is 16.0. The summed E-state index contributed by atoms with van der Waals surface area (Å²) in [6.45, 7) is 2.27. The van der Waals surface area contributed by atoms with Crippen molar-refractivity contribution in [3.8, 4) is 0 Å². The molecule has 1 aromatic heterocycles. The molecule has 1 nitrogen and oxygen atoms in total. The van der Waals surface area contributed by atoms with E-state index in [1.807, 2.05) is 11.8 Å². The molecule has 1 aromatic rings. The number of rotatable bonds is 10. The molecule has 0 aliphatic heterocycles. The highest BCUT2D eigenvalue weighted by atomic mass is 79.9. The van der Waals surface area contributed by atoms with Crippen molar-refractivity contribution in [3.05, 3.63) is 29.0 Å². The van der Waals surface area contributed by atoms with Crippen LogP contribution in [0.5, 0.6) is 0 Å². The van der Waals surface area contributed by atoms with Crippen molar-refractivity contribution in [2.75, 3.05) is 5.75 Å². The molecular formula is C15H25BrNS+. The number of aromatic nitrogens is 1. The molecule has 0 aliphatic rings. The van der Waals surface area contributed by atoms with Gasteiger partial charge in [-0.2, -0.15) is 4.57 Å². The van der Waals surface area contributed by atoms with Crippen LogP contribution in [0.3, 0.4) is 0 Å². The van der Waals surface area contributed by atoms with E-state index in [1.165, 1.54) is 50.7 Å². The van der Waals surface area contributed by atoms with Gasteiger partial charge in [-0.05, 0) is 34.2 Å². The monoisotopic (exact) mass is 330 g/mol. The standard InChI is InChI=1S/C15H25BrNS/c1-2-3-4-5-6-7-8-12-18-14-17-11-9-10-15(16)13-17/h9-11,13H,2-8,12,14H2,1H3/q+1. The predicted octanol–water partition coefficient (Wildman–Crippen LogP) is 5.18. The first-order chi connectivity index (χ1) is 8.83. The van der Waals surface area contributed by atoms with Gasteiger partial charge < -0.3 is 0 Å². The molecule has 18 heavy (non-hydrogen) atoms. The van der Waals surface area contributed by atoms with Crippen LogP contribution in [0.2, 0.25) is 0 Å². The van der Waals surface area contributed by atoms with E-state index in [4.69, 9.17) is 0 Å². The second kappa shape index (κ2) is 10.9. The summed E-state index contributed by atoms with van der Waals surface area (Å²) in [6, 6.07) is 4.15. The summed E-state index contributed by atoms with van der Waals surface area (Å²) >= 11 is 5.52. The lowest BCUT2D eigenvalue weighted by atomic mass is 10.1. The molecule has 1 rings (SSSR count). The van der Waals surface area contributed by atoms with Gasteiger partial charge >= 0.3 is 0 Å². The number of thioether (sulfide) groups is 1. The Kier molecular flexibility index (Phi) is 9.68. The first-order valence-electron chi connectivity index (χ1n) is 7.05. The molecule has 0 fully saturated rings. The molecule has 0 radical (unpaired) electrons. The normalized spacial score (nSPS) is 10.8. The van der Waals surface area contributed by atoms with Crippen molar-refractivity contribution in [3.63, 3.8) is 0 Å². The van der Waals surface area contributed by atoms with Gasteiger partial charge in [0, 0.05) is 6.07 Å². The van der Waals surface area contributed by atoms with E-state index in [2.05, 4.69) is 51.9 Å². The summed E-state index contributed by atoms with van der Waals surface area (Å²) in [5.74, 6) is 2.35. The van der Waals surface area contributed by atoms with Crippen LogP contribution in [-0.2, 0) is 5.88 Å². The minimum atomic E-state index is 1.06. The minimum Gasteiger partial charge on any atom is -0.194 e. The van der Waals surface area contributed by atoms with Crippen LogP contribution in [0, 0.1) is 0 Å². The van der Waals surface area contributed by atoms with Gasteiger partial charge in [0.1, 0.15) is 0 Å². The Morgan fingerprint density at radius 3 is 2.56 bits per heavy atom. The molecule has 0 N–H and O–H groups in total. The zero-order valence-electron chi connectivity index (χ0n) is 11.4. The fourth-order valence-electron chi connectivity index (χ4n) is 1.90. The Morgan fingerprint density at radius 1 is 1.11 bits per heavy atom. The molecule has 0 saturated carbocycles. The third kappa shape index (κ3) is 8.15. The Balaban J connectivity index is 1.92. The number of pyridine rings is 1. The van der Waals surface area contributed by atoms with Gasteiger partial charge in [-0.15, -0.1) is 0 Å². The van der Waals surface area contributed by atoms with Crippen molar-refractivity contribution in [2.24, 2.45) is 0 Å². The maximum Gasteiger partial charge on any atom is 0.194 e. The quantitative estimate of drug-likeness (QED) is 0.422. The van der Waals surface area contributed by atoms with Crippen LogP contribution in [0.1, 0.15) is 51.9 Å². The highest BCUT2D eigenvalue weighted by Gasteiger charge is 2.00. The summed E-state index contributed by atoms with van der Waals surface area (Å²) in [5.41, 5.74) is 0. The third-order valence-corrected chi connectivity index (χ3v) is 4.48. The van der Waals surface area contributed by atoms with E-state index in [-0.39, 0.29) is 0 Å². The van der Waals surface area contributed by atoms with Gasteiger partial charge in [0.2, 0.25) is 0 Å². The molecule has 0 aliphatic carbocycles. The highest BCUT2D eigenvalue weighted by Crippen LogP contribution is 2.11. The maximum absolute atomic E-state index is 3.50. The van der Waals surface area contributed by atoms with Crippen molar-refractivity contribution in [2.45, 2.75) is 57.7 Å². The molecule has 0 unspecified atom stereocenters. The van der Waals surface area contributed by atoms with Gasteiger partial charge in [-0.3, -0.25) is 0 Å². The predicted molar refractivity (Wildman–Crippen MR) is 84.8 cm³/mol. The van der Waals surface area contributed by atoms with E-state index in [1.54, 1.807) is 0 Å². The number of hydrogen-bond donors (Lipinski definition) is 0. The van der Waals surface area contributed by atoms with E-state index in [9.17, 15) is 0 Å². The highest BCUT2D eigenvalue weighted by molar-refractivity contribution is 9.10. The van der Waals surface area contributed by atoms with E-state index in [0.29, 0.717) is 0 Å². The van der Waals surface area contributed by atoms with E-state index in [0.717, 1.165) is 10.3 Å². The van der Waals surface area contributed by atoms with Crippen LogP contribution in [0.15, 0.2) is 29.0 Å². The smallest absolute Gasteiger partial charge is 0.194 e. The van der Waals surface area contributed by atoms with Crippen LogP contribution in [-0.4, -0.2) is 5.75 Å². The molecule has 0 amide bonds. The van der Waals surface area contributed by atoms with Gasteiger partial charge in [0.05, 0.1) is 4.47 Å². The molecule has 1 heterocycles. The fourth-order valence-corrected chi connectivity index (χ4v) is 3.23. The zero-order valence-corrected chi connectivity index (χ0v) is 13.8. The van der Waals surface area contributed by atoms with Gasteiger partial charge in [-0.1, -0.05) is 57.2 Å². The summed E-state index contributed by atoms with van der Waals surface area (Å²) in [7, 11) is 0. The van der Waals surface area contributed by atoms with E-state index >= 15 is 0 Å². The second-order valence-corrected chi connectivity index (χ2v) is 6.69. The van der Waals surface area contributed by atoms with Crippen LogP contribution >= 0.6 is 27.7 Å². The SMILES string of the molecule is CCCCCCCCCSC[n+]1cccc(Br)c1. The van der Waals surface area contributed by atoms with Gasteiger partial charge in [0.25, 0.3) is 0 Å². The van der Waals surface area contributed by atoms with Gasteiger partial charge in [0.15, 0.2) is 18.3 Å². The Labute approximate surface area is 125 Å².